The minimum absolute atomic E-state index is 0.0186. The van der Waals surface area contributed by atoms with Gasteiger partial charge in [-0.15, -0.1) is 0 Å². The van der Waals surface area contributed by atoms with E-state index in [0.29, 0.717) is 53.2 Å². The lowest BCUT2D eigenvalue weighted by Crippen LogP contribution is -2.50. The molecule has 9 nitrogen and oxygen atoms in total. The number of nitrogens with zero attached hydrogens (tertiary/aromatic N) is 5. The molecule has 0 saturated carbocycles. The van der Waals surface area contributed by atoms with Crippen LogP contribution in [0.5, 0.6) is 0 Å². The first-order valence-electron chi connectivity index (χ1n) is 13.2. The van der Waals surface area contributed by atoms with Gasteiger partial charge in [-0.3, -0.25) is 29.4 Å². The van der Waals surface area contributed by atoms with Gasteiger partial charge < -0.3 is 9.80 Å². The minimum atomic E-state index is -0.350. The van der Waals surface area contributed by atoms with Crippen molar-refractivity contribution in [2.45, 2.75) is 18.4 Å². The number of hydroxylamine groups is 1. The number of rotatable bonds is 8. The largest absolute Gasteiger partial charge is 0.338 e. The van der Waals surface area contributed by atoms with E-state index in [4.69, 9.17) is 16.4 Å². The Hall–Kier alpha value is -3.92. The Morgan fingerprint density at radius 1 is 1.07 bits per heavy atom. The number of nitrogens with one attached hydrogen (secondary N) is 1. The lowest BCUT2D eigenvalue weighted by Gasteiger charge is -2.42. The molecule has 0 bridgehead atoms. The van der Waals surface area contributed by atoms with Crippen molar-refractivity contribution in [3.05, 3.63) is 101 Å². The Morgan fingerprint density at radius 3 is 2.62 bits per heavy atom. The maximum atomic E-state index is 13.7. The third kappa shape index (κ3) is 6.28. The Kier molecular flexibility index (Phi) is 8.64. The van der Waals surface area contributed by atoms with Crippen LogP contribution in [0.15, 0.2) is 79.4 Å². The van der Waals surface area contributed by atoms with Crippen molar-refractivity contribution in [2.24, 2.45) is 5.92 Å². The van der Waals surface area contributed by atoms with Crippen molar-refractivity contribution in [1.29, 1.82) is 0 Å². The SMILES string of the molecule is CN(C)CC(ONC(=O)c1cccnc1)[C@@H]1CCN(C(=O)c2cc(Cl)c3nccnc3c2)C[C@@H]1c1ccccc1. The standard InChI is InChI=1S/C30H31ClN6O3/c1-36(2)19-27(40-35-29(38)21-9-6-11-32-17-21)23-10-14-37(18-24(23)20-7-4-3-5-8-20)30(39)22-15-25(31)28-26(16-22)33-12-13-34-28/h3-9,11-13,15-17,23-24,27H,10,14,18-19H2,1-2H3,(H,35,38)/t23-,24-,27?/m1/s1. The summed E-state index contributed by atoms with van der Waals surface area (Å²) in [4.78, 5) is 49.1. The molecule has 2 amide bonds. The number of halogens is 1. The van der Waals surface area contributed by atoms with Gasteiger partial charge >= 0.3 is 0 Å². The highest BCUT2D eigenvalue weighted by Crippen LogP contribution is 2.37. The van der Waals surface area contributed by atoms with Gasteiger partial charge in [0.2, 0.25) is 0 Å². The van der Waals surface area contributed by atoms with E-state index in [9.17, 15) is 9.59 Å². The van der Waals surface area contributed by atoms with Gasteiger partial charge in [-0.05, 0) is 56.3 Å². The van der Waals surface area contributed by atoms with Crippen molar-refractivity contribution in [3.63, 3.8) is 0 Å². The molecule has 1 unspecified atom stereocenters. The smallest absolute Gasteiger partial charge is 0.276 e. The van der Waals surface area contributed by atoms with Gasteiger partial charge in [0, 0.05) is 55.9 Å². The number of carbonyl (C=O) groups excluding carboxylic acids is 2. The predicted molar refractivity (Wildman–Crippen MR) is 153 cm³/mol. The topological polar surface area (TPSA) is 101 Å². The molecule has 4 aromatic rings. The van der Waals surface area contributed by atoms with E-state index >= 15 is 0 Å². The number of benzene rings is 2. The molecule has 206 valence electrons. The first-order valence-corrected chi connectivity index (χ1v) is 13.5. The van der Waals surface area contributed by atoms with Crippen molar-refractivity contribution in [2.75, 3.05) is 33.7 Å². The number of fused-ring (bicyclic) bond motifs is 1. The molecule has 1 N–H and O–H groups in total. The molecule has 1 aliphatic heterocycles. The number of amides is 2. The summed E-state index contributed by atoms with van der Waals surface area (Å²) in [6, 6.07) is 16.9. The fourth-order valence-electron chi connectivity index (χ4n) is 5.30. The highest BCUT2D eigenvalue weighted by Gasteiger charge is 2.38. The predicted octanol–water partition coefficient (Wildman–Crippen LogP) is 4.22. The molecule has 0 radical (unpaired) electrons. The number of pyridine rings is 1. The van der Waals surface area contributed by atoms with Crippen LogP contribution in [-0.4, -0.2) is 76.4 Å². The lowest BCUT2D eigenvalue weighted by molar-refractivity contribution is -0.0689. The van der Waals surface area contributed by atoms with Gasteiger partial charge in [0.1, 0.15) is 11.6 Å². The van der Waals surface area contributed by atoms with E-state index in [0.717, 1.165) is 5.56 Å². The fraction of sp³-hybridized carbons (Fsp3) is 0.300. The third-order valence-electron chi connectivity index (χ3n) is 7.20. The summed E-state index contributed by atoms with van der Waals surface area (Å²) in [5.41, 5.74) is 5.80. The number of piperidine rings is 1. The number of aromatic nitrogens is 3. The summed E-state index contributed by atoms with van der Waals surface area (Å²) >= 11 is 6.45. The second kappa shape index (κ2) is 12.5. The fourth-order valence-corrected chi connectivity index (χ4v) is 5.56. The highest BCUT2D eigenvalue weighted by molar-refractivity contribution is 6.35. The minimum Gasteiger partial charge on any atom is -0.338 e. The molecule has 1 saturated heterocycles. The van der Waals surface area contributed by atoms with Crippen molar-refractivity contribution >= 4 is 34.4 Å². The average molecular weight is 559 g/mol. The summed E-state index contributed by atoms with van der Waals surface area (Å²) < 4.78 is 0. The van der Waals surface area contributed by atoms with E-state index < -0.39 is 0 Å². The van der Waals surface area contributed by atoms with Gasteiger partial charge in [-0.2, -0.15) is 0 Å². The molecule has 3 atom stereocenters. The second-order valence-electron chi connectivity index (χ2n) is 10.2. The number of likely N-dealkylation sites (N-methyl/N-ethyl adjacent to an activating group) is 1. The van der Waals surface area contributed by atoms with Gasteiger partial charge in [-0.25, -0.2) is 5.48 Å². The molecular weight excluding hydrogens is 528 g/mol. The number of carbonyl (C=O) groups is 2. The number of likely N-dealkylation sites (tertiary alicyclic amines) is 1. The number of hydrogen-bond donors (Lipinski definition) is 1. The summed E-state index contributed by atoms with van der Waals surface area (Å²) in [7, 11) is 3.95. The molecule has 0 spiro atoms. The molecule has 2 aromatic carbocycles. The van der Waals surface area contributed by atoms with E-state index in [1.54, 1.807) is 42.9 Å². The number of hydrogen-bond acceptors (Lipinski definition) is 7. The summed E-state index contributed by atoms with van der Waals surface area (Å²) in [6.07, 6.45) is 6.65. The first-order chi connectivity index (χ1) is 19.4. The summed E-state index contributed by atoms with van der Waals surface area (Å²) in [5, 5.41) is 0.396. The molecule has 2 aromatic heterocycles. The van der Waals surface area contributed by atoms with Gasteiger partial charge in [0.05, 0.1) is 16.1 Å². The van der Waals surface area contributed by atoms with Crippen LogP contribution in [-0.2, 0) is 4.84 Å². The summed E-state index contributed by atoms with van der Waals surface area (Å²) in [6.45, 7) is 1.62. The molecule has 3 heterocycles. The van der Waals surface area contributed by atoms with Crippen LogP contribution < -0.4 is 5.48 Å². The van der Waals surface area contributed by atoms with Crippen molar-refractivity contribution in [1.82, 2.24) is 30.2 Å². The molecule has 5 rings (SSSR count). The van der Waals surface area contributed by atoms with Gasteiger partial charge in [0.25, 0.3) is 11.8 Å². The van der Waals surface area contributed by atoms with Gasteiger partial charge in [0.15, 0.2) is 0 Å². The van der Waals surface area contributed by atoms with Crippen LogP contribution in [0, 0.1) is 5.92 Å². The van der Waals surface area contributed by atoms with E-state index in [1.165, 1.54) is 6.20 Å². The van der Waals surface area contributed by atoms with Crippen LogP contribution in [0.2, 0.25) is 5.02 Å². The van der Waals surface area contributed by atoms with Crippen LogP contribution in [0.25, 0.3) is 11.0 Å². The van der Waals surface area contributed by atoms with Gasteiger partial charge in [-0.1, -0.05) is 41.9 Å². The lowest BCUT2D eigenvalue weighted by atomic mass is 9.77. The van der Waals surface area contributed by atoms with Crippen LogP contribution in [0.3, 0.4) is 0 Å². The Bertz CT molecular complexity index is 1470. The second-order valence-corrected chi connectivity index (χ2v) is 10.6. The molecular formula is C30H31ClN6O3. The monoisotopic (exact) mass is 558 g/mol. The molecule has 10 heteroatoms. The van der Waals surface area contributed by atoms with Crippen molar-refractivity contribution < 1.29 is 14.4 Å². The van der Waals surface area contributed by atoms with E-state index in [1.807, 2.05) is 42.1 Å². The third-order valence-corrected chi connectivity index (χ3v) is 7.49. The quantitative estimate of drug-likeness (QED) is 0.323. The highest BCUT2D eigenvalue weighted by atomic mass is 35.5. The normalized spacial score (nSPS) is 18.1. The molecule has 1 aliphatic rings. The zero-order chi connectivity index (χ0) is 28.1. The Morgan fingerprint density at radius 2 is 1.88 bits per heavy atom. The first kappa shape index (κ1) is 27.6. The van der Waals surface area contributed by atoms with Crippen LogP contribution in [0.1, 0.15) is 38.6 Å². The Labute approximate surface area is 238 Å². The zero-order valence-electron chi connectivity index (χ0n) is 22.4. The zero-order valence-corrected chi connectivity index (χ0v) is 23.2. The maximum absolute atomic E-state index is 13.7. The Balaban J connectivity index is 1.39. The molecule has 0 aliphatic carbocycles. The molecule has 1 fully saturated rings. The van der Waals surface area contributed by atoms with Crippen LogP contribution >= 0.6 is 11.6 Å². The van der Waals surface area contributed by atoms with E-state index in [2.05, 4.69) is 32.6 Å². The maximum Gasteiger partial charge on any atom is 0.276 e. The van der Waals surface area contributed by atoms with Crippen molar-refractivity contribution in [3.8, 4) is 0 Å². The summed E-state index contributed by atoms with van der Waals surface area (Å²) in [5.74, 6) is -0.440. The van der Waals surface area contributed by atoms with E-state index in [-0.39, 0.29) is 29.8 Å². The molecule has 40 heavy (non-hydrogen) atoms. The average Bonchev–Trinajstić information content (AvgIpc) is 2.99. The van der Waals surface area contributed by atoms with Crippen LogP contribution in [0.4, 0.5) is 0 Å².